The van der Waals surface area contributed by atoms with Crippen molar-refractivity contribution in [2.45, 2.75) is 58.5 Å². The van der Waals surface area contributed by atoms with Gasteiger partial charge in [-0.3, -0.25) is 0 Å². The summed E-state index contributed by atoms with van der Waals surface area (Å²) in [5, 5.41) is 3.72. The van der Waals surface area contributed by atoms with Crippen LogP contribution in [0.5, 0.6) is 0 Å². The maximum atomic E-state index is 3.72. The Balaban J connectivity index is 1.80. The van der Waals surface area contributed by atoms with Crippen LogP contribution in [-0.4, -0.2) is 6.04 Å². The van der Waals surface area contributed by atoms with E-state index in [-0.39, 0.29) is 0 Å². The Bertz CT molecular complexity index is 329. The highest BCUT2D eigenvalue weighted by molar-refractivity contribution is 5.14. The minimum Gasteiger partial charge on any atom is -0.310 e. The van der Waals surface area contributed by atoms with Crippen LogP contribution >= 0.6 is 0 Å². The molecule has 17 heavy (non-hydrogen) atoms. The minimum absolute atomic E-state index is 0.559. The van der Waals surface area contributed by atoms with Crippen LogP contribution in [0.3, 0.4) is 0 Å². The highest BCUT2D eigenvalue weighted by Crippen LogP contribution is 2.33. The van der Waals surface area contributed by atoms with E-state index in [2.05, 4.69) is 49.5 Å². The number of nitrogens with one attached hydrogen (secondary N) is 1. The van der Waals surface area contributed by atoms with Gasteiger partial charge in [0.25, 0.3) is 0 Å². The normalized spacial score (nSPS) is 24.2. The number of hydrogen-bond donors (Lipinski definition) is 1. The van der Waals surface area contributed by atoms with E-state index in [1.165, 1.54) is 37.7 Å². The molecule has 0 aliphatic heterocycles. The second-order valence-electron chi connectivity index (χ2n) is 6.16. The van der Waals surface area contributed by atoms with Crippen molar-refractivity contribution in [1.82, 2.24) is 5.32 Å². The summed E-state index contributed by atoms with van der Waals surface area (Å²) in [4.78, 5) is 0. The van der Waals surface area contributed by atoms with Crippen molar-refractivity contribution in [2.75, 3.05) is 0 Å². The lowest BCUT2D eigenvalue weighted by Crippen LogP contribution is -2.28. The molecule has 1 unspecified atom stereocenters. The van der Waals surface area contributed by atoms with Crippen LogP contribution in [0.1, 0.15) is 51.5 Å². The standard InChI is InChI=1S/C16H25N/c1-16(2)11-6-9-15(10-12-16)17-13-14-7-4-3-5-8-14/h3-5,7-8,15,17H,6,9-13H2,1-2H3. The molecule has 0 aromatic heterocycles. The summed E-state index contributed by atoms with van der Waals surface area (Å²) in [5.74, 6) is 0. The molecule has 1 atom stereocenters. The van der Waals surface area contributed by atoms with E-state index in [4.69, 9.17) is 0 Å². The molecule has 1 nitrogen and oxygen atoms in total. The van der Waals surface area contributed by atoms with Crippen molar-refractivity contribution < 1.29 is 0 Å². The van der Waals surface area contributed by atoms with E-state index >= 15 is 0 Å². The Hall–Kier alpha value is -0.820. The van der Waals surface area contributed by atoms with Crippen molar-refractivity contribution in [2.24, 2.45) is 5.41 Å². The van der Waals surface area contributed by atoms with Gasteiger partial charge in [0.05, 0.1) is 0 Å². The SMILES string of the molecule is CC1(C)CCCC(NCc2ccccc2)CC1. The Morgan fingerprint density at radius 1 is 1.12 bits per heavy atom. The predicted molar refractivity (Wildman–Crippen MR) is 73.9 cm³/mol. The molecular weight excluding hydrogens is 206 g/mol. The lowest BCUT2D eigenvalue weighted by atomic mass is 9.85. The van der Waals surface area contributed by atoms with E-state index in [9.17, 15) is 0 Å². The van der Waals surface area contributed by atoms with E-state index < -0.39 is 0 Å². The maximum absolute atomic E-state index is 3.72. The first-order chi connectivity index (χ1) is 8.16. The average Bonchev–Trinajstić information content (AvgIpc) is 2.49. The molecule has 1 aliphatic rings. The monoisotopic (exact) mass is 231 g/mol. The molecule has 94 valence electrons. The molecule has 1 N–H and O–H groups in total. The second kappa shape index (κ2) is 5.68. The van der Waals surface area contributed by atoms with Crippen molar-refractivity contribution >= 4 is 0 Å². The zero-order chi connectivity index (χ0) is 12.1. The van der Waals surface area contributed by atoms with Crippen molar-refractivity contribution in [3.63, 3.8) is 0 Å². The molecular formula is C16H25N. The fourth-order valence-corrected chi connectivity index (χ4v) is 2.72. The first-order valence-electron chi connectivity index (χ1n) is 6.93. The molecule has 1 aromatic carbocycles. The van der Waals surface area contributed by atoms with E-state index in [1.54, 1.807) is 0 Å². The Kier molecular flexibility index (Phi) is 4.22. The maximum Gasteiger partial charge on any atom is 0.0208 e. The Labute approximate surface area is 106 Å². The van der Waals surface area contributed by atoms with Gasteiger partial charge in [0.2, 0.25) is 0 Å². The van der Waals surface area contributed by atoms with Gasteiger partial charge in [-0.05, 0) is 36.7 Å². The molecule has 2 rings (SSSR count). The van der Waals surface area contributed by atoms with Gasteiger partial charge in [-0.15, -0.1) is 0 Å². The van der Waals surface area contributed by atoms with Gasteiger partial charge in [0, 0.05) is 12.6 Å². The molecule has 0 amide bonds. The summed E-state index contributed by atoms with van der Waals surface area (Å²) < 4.78 is 0. The van der Waals surface area contributed by atoms with E-state index in [0.29, 0.717) is 5.41 Å². The summed E-state index contributed by atoms with van der Waals surface area (Å²) in [6.45, 7) is 5.84. The third kappa shape index (κ3) is 4.16. The molecule has 1 saturated carbocycles. The largest absolute Gasteiger partial charge is 0.310 e. The lowest BCUT2D eigenvalue weighted by molar-refractivity contribution is 0.309. The molecule has 0 heterocycles. The van der Waals surface area contributed by atoms with Crippen LogP contribution < -0.4 is 5.32 Å². The predicted octanol–water partition coefficient (Wildman–Crippen LogP) is 4.14. The Morgan fingerprint density at radius 2 is 1.88 bits per heavy atom. The zero-order valence-electron chi connectivity index (χ0n) is 11.2. The third-order valence-electron chi connectivity index (χ3n) is 4.01. The van der Waals surface area contributed by atoms with Crippen molar-refractivity contribution in [3.05, 3.63) is 35.9 Å². The van der Waals surface area contributed by atoms with Gasteiger partial charge in [0.15, 0.2) is 0 Å². The first kappa shape index (κ1) is 12.6. The van der Waals surface area contributed by atoms with Gasteiger partial charge in [-0.25, -0.2) is 0 Å². The van der Waals surface area contributed by atoms with Crippen LogP contribution in [0.4, 0.5) is 0 Å². The van der Waals surface area contributed by atoms with Gasteiger partial charge in [0.1, 0.15) is 0 Å². The smallest absolute Gasteiger partial charge is 0.0208 e. The molecule has 1 aliphatic carbocycles. The Morgan fingerprint density at radius 3 is 2.65 bits per heavy atom. The van der Waals surface area contributed by atoms with Crippen LogP contribution in [0.15, 0.2) is 30.3 Å². The van der Waals surface area contributed by atoms with Crippen LogP contribution in [0.2, 0.25) is 0 Å². The summed E-state index contributed by atoms with van der Waals surface area (Å²) in [7, 11) is 0. The molecule has 0 saturated heterocycles. The molecule has 0 spiro atoms. The molecule has 1 aromatic rings. The van der Waals surface area contributed by atoms with E-state index in [0.717, 1.165) is 12.6 Å². The first-order valence-corrected chi connectivity index (χ1v) is 6.93. The van der Waals surface area contributed by atoms with Crippen LogP contribution in [0.25, 0.3) is 0 Å². The summed E-state index contributed by atoms with van der Waals surface area (Å²) in [6, 6.07) is 11.4. The number of rotatable bonds is 3. The topological polar surface area (TPSA) is 12.0 Å². The van der Waals surface area contributed by atoms with Gasteiger partial charge in [-0.2, -0.15) is 0 Å². The highest BCUT2D eigenvalue weighted by Gasteiger charge is 2.23. The molecule has 1 fully saturated rings. The fraction of sp³-hybridized carbons (Fsp3) is 0.625. The third-order valence-corrected chi connectivity index (χ3v) is 4.01. The summed E-state index contributed by atoms with van der Waals surface area (Å²) in [5.41, 5.74) is 1.96. The quantitative estimate of drug-likeness (QED) is 0.771. The zero-order valence-corrected chi connectivity index (χ0v) is 11.2. The van der Waals surface area contributed by atoms with Crippen LogP contribution in [0, 0.1) is 5.41 Å². The van der Waals surface area contributed by atoms with Crippen molar-refractivity contribution in [1.29, 1.82) is 0 Å². The molecule has 0 radical (unpaired) electrons. The number of benzene rings is 1. The van der Waals surface area contributed by atoms with Gasteiger partial charge in [-0.1, -0.05) is 50.6 Å². The van der Waals surface area contributed by atoms with Gasteiger partial charge < -0.3 is 5.32 Å². The van der Waals surface area contributed by atoms with Gasteiger partial charge >= 0.3 is 0 Å². The fourth-order valence-electron chi connectivity index (χ4n) is 2.72. The minimum atomic E-state index is 0.559. The van der Waals surface area contributed by atoms with Crippen LogP contribution in [-0.2, 0) is 6.54 Å². The molecule has 1 heteroatoms. The second-order valence-corrected chi connectivity index (χ2v) is 6.16. The highest BCUT2D eigenvalue weighted by atomic mass is 14.9. The summed E-state index contributed by atoms with van der Waals surface area (Å²) >= 11 is 0. The number of hydrogen-bond acceptors (Lipinski definition) is 1. The van der Waals surface area contributed by atoms with E-state index in [1.807, 2.05) is 0 Å². The molecule has 0 bridgehead atoms. The van der Waals surface area contributed by atoms with Crippen molar-refractivity contribution in [3.8, 4) is 0 Å². The average molecular weight is 231 g/mol. The lowest BCUT2D eigenvalue weighted by Gasteiger charge is -2.22. The summed E-state index contributed by atoms with van der Waals surface area (Å²) in [6.07, 6.45) is 6.80.